The van der Waals surface area contributed by atoms with Gasteiger partial charge < -0.3 is 14.0 Å². The van der Waals surface area contributed by atoms with Gasteiger partial charge in [0.15, 0.2) is 5.69 Å². The minimum atomic E-state index is 0.414. The first-order chi connectivity index (χ1) is 26.1. The summed E-state index contributed by atoms with van der Waals surface area (Å²) in [5, 5.41) is 33.4. The van der Waals surface area contributed by atoms with Gasteiger partial charge in [-0.2, -0.15) is 15.8 Å². The minimum Gasteiger partial charge on any atom is -0.310 e. The van der Waals surface area contributed by atoms with Gasteiger partial charge in [-0.25, -0.2) is 4.85 Å². The number of rotatable bonds is 5. The molecule has 0 saturated carbocycles. The molecule has 7 heteroatoms. The van der Waals surface area contributed by atoms with Crippen LogP contribution in [0.2, 0.25) is 0 Å². The smallest absolute Gasteiger partial charge is 0.190 e. The second kappa shape index (κ2) is 12.3. The van der Waals surface area contributed by atoms with Gasteiger partial charge in [0.1, 0.15) is 0 Å². The monoisotopic (exact) mass is 675 g/mol. The zero-order chi connectivity index (χ0) is 36.1. The van der Waals surface area contributed by atoms with E-state index in [1.54, 1.807) is 12.1 Å². The summed E-state index contributed by atoms with van der Waals surface area (Å²) in [5.41, 5.74) is 10.0. The molecule has 0 bridgehead atoms. The maximum absolute atomic E-state index is 9.75. The summed E-state index contributed by atoms with van der Waals surface area (Å²) in [5.74, 6) is 0. The molecule has 0 radical (unpaired) electrons. The van der Waals surface area contributed by atoms with E-state index in [1.807, 2.05) is 66.7 Å². The molecule has 0 fully saturated rings. The fourth-order valence-electron chi connectivity index (χ4n) is 7.50. The summed E-state index contributed by atoms with van der Waals surface area (Å²) >= 11 is 0. The Hall–Kier alpha value is -8.10. The average Bonchev–Trinajstić information content (AvgIpc) is 3.73. The molecule has 0 atom stereocenters. The molecule has 53 heavy (non-hydrogen) atoms. The molecule has 0 aliphatic carbocycles. The Morgan fingerprint density at radius 3 is 1.40 bits per heavy atom. The van der Waals surface area contributed by atoms with Gasteiger partial charge in [0.2, 0.25) is 0 Å². The van der Waals surface area contributed by atoms with E-state index in [9.17, 15) is 15.8 Å². The van der Waals surface area contributed by atoms with Crippen LogP contribution in [0.5, 0.6) is 0 Å². The van der Waals surface area contributed by atoms with Crippen LogP contribution in [0.1, 0.15) is 16.7 Å². The fourth-order valence-corrected chi connectivity index (χ4v) is 7.50. The van der Waals surface area contributed by atoms with Crippen LogP contribution in [0.15, 0.2) is 152 Å². The summed E-state index contributed by atoms with van der Waals surface area (Å²) in [6, 6.07) is 56.6. The molecule has 2 heterocycles. The first-order valence-corrected chi connectivity index (χ1v) is 16.9. The van der Waals surface area contributed by atoms with Gasteiger partial charge in [0.05, 0.1) is 58.0 Å². The second-order valence-corrected chi connectivity index (χ2v) is 12.7. The highest BCUT2D eigenvalue weighted by Gasteiger charge is 2.20. The number of benzene rings is 7. The number of nitriles is 3. The van der Waals surface area contributed by atoms with Crippen molar-refractivity contribution in [1.29, 1.82) is 15.8 Å². The number of fused-ring (bicyclic) bond motifs is 6. The largest absolute Gasteiger partial charge is 0.310 e. The molecule has 0 saturated heterocycles. The maximum Gasteiger partial charge on any atom is 0.190 e. The van der Waals surface area contributed by atoms with Gasteiger partial charge >= 0.3 is 0 Å². The number of hydrogen-bond acceptors (Lipinski definition) is 4. The molecule has 0 unspecified atom stereocenters. The van der Waals surface area contributed by atoms with Gasteiger partial charge in [-0.3, -0.25) is 0 Å². The molecular weight excluding hydrogens is 651 g/mol. The Labute approximate surface area is 304 Å². The molecule has 244 valence electrons. The van der Waals surface area contributed by atoms with Crippen molar-refractivity contribution in [3.8, 4) is 29.6 Å². The van der Waals surface area contributed by atoms with Crippen LogP contribution in [0, 0.1) is 40.6 Å². The van der Waals surface area contributed by atoms with E-state index in [0.29, 0.717) is 22.4 Å². The molecule has 7 nitrogen and oxygen atoms in total. The van der Waals surface area contributed by atoms with Crippen LogP contribution >= 0.6 is 0 Å². The molecule has 0 amide bonds. The maximum atomic E-state index is 9.75. The Morgan fingerprint density at radius 2 is 0.887 bits per heavy atom. The Kier molecular flexibility index (Phi) is 7.20. The fraction of sp³-hybridized carbons (Fsp3) is 0. The Morgan fingerprint density at radius 1 is 0.434 bits per heavy atom. The number of anilines is 3. The van der Waals surface area contributed by atoms with Crippen LogP contribution in [-0.2, 0) is 0 Å². The highest BCUT2D eigenvalue weighted by Crippen LogP contribution is 2.42. The molecule has 9 rings (SSSR count). The lowest BCUT2D eigenvalue weighted by molar-refractivity contribution is 1.17. The van der Waals surface area contributed by atoms with E-state index in [1.165, 1.54) is 0 Å². The van der Waals surface area contributed by atoms with E-state index in [4.69, 9.17) is 6.57 Å². The van der Waals surface area contributed by atoms with Crippen molar-refractivity contribution in [2.75, 3.05) is 4.90 Å². The first-order valence-electron chi connectivity index (χ1n) is 16.9. The molecule has 9 aromatic rings. The molecular formula is C46H25N7. The van der Waals surface area contributed by atoms with Crippen molar-refractivity contribution in [2.24, 2.45) is 0 Å². The zero-order valence-corrected chi connectivity index (χ0v) is 28.1. The van der Waals surface area contributed by atoms with Crippen molar-refractivity contribution in [2.45, 2.75) is 0 Å². The first kappa shape index (κ1) is 30.9. The lowest BCUT2D eigenvalue weighted by atomic mass is 10.1. The number of nitrogens with zero attached hydrogens (tertiary/aromatic N) is 7. The predicted octanol–water partition coefficient (Wildman–Crippen LogP) is 11.5. The van der Waals surface area contributed by atoms with Crippen molar-refractivity contribution >= 4 is 66.4 Å². The lowest BCUT2D eigenvalue weighted by Gasteiger charge is -2.26. The zero-order valence-electron chi connectivity index (χ0n) is 28.1. The van der Waals surface area contributed by atoms with E-state index >= 15 is 0 Å². The third kappa shape index (κ3) is 5.02. The standard InChI is InChI=1S/C46H25N7/c1-50-33-20-32(29-49)23-38(24-33)53-44-14-8-6-12-40(44)42-26-36(16-18-46(42)53)51(34-9-3-2-4-10-34)35-15-17-45-41(25-35)39-11-5-7-13-43(39)52(45)37-21-30(27-47)19-31(22-37)28-48/h2-26H. The van der Waals surface area contributed by atoms with E-state index in [2.05, 4.69) is 110 Å². The van der Waals surface area contributed by atoms with Gasteiger partial charge in [0.25, 0.3) is 0 Å². The summed E-state index contributed by atoms with van der Waals surface area (Å²) in [4.78, 5) is 5.89. The highest BCUT2D eigenvalue weighted by molar-refractivity contribution is 6.12. The molecule has 0 aliphatic heterocycles. The van der Waals surface area contributed by atoms with Crippen molar-refractivity contribution in [3.63, 3.8) is 0 Å². The Balaban J connectivity index is 1.27. The van der Waals surface area contributed by atoms with Gasteiger partial charge in [0, 0.05) is 55.5 Å². The third-order valence-corrected chi connectivity index (χ3v) is 9.70. The van der Waals surface area contributed by atoms with Gasteiger partial charge in [-0.05, 0) is 97.1 Å². The Bertz CT molecular complexity index is 2860. The number of hydrogen-bond donors (Lipinski definition) is 0. The molecule has 2 aromatic heterocycles. The van der Waals surface area contributed by atoms with Crippen LogP contribution in [-0.4, -0.2) is 9.13 Å². The van der Waals surface area contributed by atoms with Crippen LogP contribution in [0.4, 0.5) is 22.7 Å². The van der Waals surface area contributed by atoms with Crippen molar-refractivity contribution < 1.29 is 0 Å². The minimum absolute atomic E-state index is 0.414. The summed E-state index contributed by atoms with van der Waals surface area (Å²) < 4.78 is 4.24. The van der Waals surface area contributed by atoms with Crippen LogP contribution < -0.4 is 4.90 Å². The van der Waals surface area contributed by atoms with E-state index in [-0.39, 0.29) is 0 Å². The van der Waals surface area contributed by atoms with Crippen LogP contribution in [0.3, 0.4) is 0 Å². The van der Waals surface area contributed by atoms with Crippen molar-refractivity contribution in [3.05, 3.63) is 180 Å². The predicted molar refractivity (Wildman–Crippen MR) is 210 cm³/mol. The van der Waals surface area contributed by atoms with Crippen molar-refractivity contribution in [1.82, 2.24) is 9.13 Å². The SMILES string of the molecule is [C-]#[N+]c1cc(C#N)cc(-n2c3ccccc3c3cc(N(c4ccccc4)c4ccc5c(c4)c4ccccc4n5-c4cc(C#N)cc(C#N)c4)ccc32)c1. The quantitative estimate of drug-likeness (QED) is 0.170. The summed E-state index contributed by atoms with van der Waals surface area (Å²) in [6.45, 7) is 7.65. The normalized spacial score (nSPS) is 10.9. The second-order valence-electron chi connectivity index (χ2n) is 12.7. The average molecular weight is 676 g/mol. The topological polar surface area (TPSA) is 88.8 Å². The lowest BCUT2D eigenvalue weighted by Crippen LogP contribution is -2.09. The molecule has 0 spiro atoms. The van der Waals surface area contributed by atoms with Gasteiger partial charge in [-0.15, -0.1) is 0 Å². The molecule has 7 aromatic carbocycles. The summed E-state index contributed by atoms with van der Waals surface area (Å²) in [7, 11) is 0. The van der Waals surface area contributed by atoms with E-state index < -0.39 is 0 Å². The van der Waals surface area contributed by atoms with E-state index in [0.717, 1.165) is 72.0 Å². The van der Waals surface area contributed by atoms with Gasteiger partial charge in [-0.1, -0.05) is 54.6 Å². The molecule has 0 N–H and O–H groups in total. The third-order valence-electron chi connectivity index (χ3n) is 9.70. The highest BCUT2D eigenvalue weighted by atomic mass is 15.1. The number of aromatic nitrogens is 2. The van der Waals surface area contributed by atoms with Crippen LogP contribution in [0.25, 0.3) is 59.8 Å². The molecule has 0 aliphatic rings. The summed E-state index contributed by atoms with van der Waals surface area (Å²) in [6.07, 6.45) is 0. The number of para-hydroxylation sites is 3.